The predicted molar refractivity (Wildman–Crippen MR) is 219 cm³/mol. The first-order valence-electron chi connectivity index (χ1n) is 19.3. The third kappa shape index (κ3) is 9.56. The molecule has 5 aromatic heterocycles. The molecule has 0 spiro atoms. The lowest BCUT2D eigenvalue weighted by Crippen LogP contribution is -3.00. The summed E-state index contributed by atoms with van der Waals surface area (Å²) in [6, 6.07) is 20.8. The molecule has 302 valence electrons. The van der Waals surface area contributed by atoms with Crippen LogP contribution in [-0.2, 0) is 45.0 Å². The molecule has 7 heterocycles. The second-order valence-corrected chi connectivity index (χ2v) is 14.5. The minimum atomic E-state index is -0.276. The molecule has 12 heteroatoms. The van der Waals surface area contributed by atoms with Crippen molar-refractivity contribution in [3.63, 3.8) is 0 Å². The van der Waals surface area contributed by atoms with E-state index in [0.717, 1.165) is 93.1 Å². The molecule has 0 atom stereocenters. The summed E-state index contributed by atoms with van der Waals surface area (Å²) in [5.74, 6) is -0.553. The monoisotopic (exact) mass is 908 g/mol. The molecule has 0 saturated carbocycles. The van der Waals surface area contributed by atoms with E-state index in [4.69, 9.17) is 19.4 Å². The van der Waals surface area contributed by atoms with Crippen LogP contribution in [0.4, 0.5) is 0 Å². The van der Waals surface area contributed by atoms with Crippen molar-refractivity contribution in [2.24, 2.45) is 0 Å². The quantitative estimate of drug-likeness (QED) is 0.146. The average molecular weight is 911 g/mol. The van der Waals surface area contributed by atoms with Crippen LogP contribution < -0.4 is 43.1 Å². The van der Waals surface area contributed by atoms with E-state index >= 15 is 0 Å². The van der Waals surface area contributed by atoms with Crippen LogP contribution in [0.1, 0.15) is 84.6 Å². The molecule has 0 fully saturated rings. The zero-order chi connectivity index (χ0) is 39.3. The summed E-state index contributed by atoms with van der Waals surface area (Å²) in [7, 11) is 2.83. The predicted octanol–water partition coefficient (Wildman–Crippen LogP) is 1.77. The van der Waals surface area contributed by atoms with Gasteiger partial charge in [0.15, 0.2) is 37.9 Å². The van der Waals surface area contributed by atoms with Crippen molar-refractivity contribution in [3.8, 4) is 0 Å². The number of halogens is 2. The molecule has 2 N–H and O–H groups in total. The maximum Gasteiger partial charge on any atom is 0.305 e. The normalized spacial score (nSPS) is 12.2. The average Bonchev–Trinajstić information content (AvgIpc) is 3.87. The fraction of sp³-hybridized carbons (Fsp3) is 0.304. The van der Waals surface area contributed by atoms with Crippen LogP contribution in [-0.4, -0.2) is 46.1 Å². The molecule has 10 nitrogen and oxygen atoms in total. The number of esters is 2. The first-order chi connectivity index (χ1) is 27.1. The Morgan fingerprint density at radius 2 is 0.931 bits per heavy atom. The first-order valence-corrected chi connectivity index (χ1v) is 19.3. The number of nitrogens with one attached hydrogen (secondary N) is 2. The van der Waals surface area contributed by atoms with Crippen molar-refractivity contribution in [2.75, 3.05) is 14.2 Å². The number of H-pyrrole nitrogens is 2. The summed E-state index contributed by atoms with van der Waals surface area (Å²) >= 11 is 0. The smallest absolute Gasteiger partial charge is 0.305 e. The van der Waals surface area contributed by atoms with Crippen LogP contribution in [0.15, 0.2) is 85.5 Å². The summed E-state index contributed by atoms with van der Waals surface area (Å²) in [4.78, 5) is 42.8. The second-order valence-electron chi connectivity index (χ2n) is 14.5. The fourth-order valence-corrected chi connectivity index (χ4v) is 7.80. The lowest BCUT2D eigenvalue weighted by atomic mass is 9.98. The molecule has 0 radical (unpaired) electrons. The van der Waals surface area contributed by atoms with Gasteiger partial charge < -0.3 is 53.4 Å². The van der Waals surface area contributed by atoms with Crippen LogP contribution in [0.5, 0.6) is 0 Å². The number of hydrogen-bond acceptors (Lipinski definition) is 6. The number of carbonyl (C=O) groups is 2. The van der Waals surface area contributed by atoms with Gasteiger partial charge in [-0.25, -0.2) is 19.1 Å². The number of nitrogens with zero attached hydrogens (tertiary/aromatic N) is 4. The molecular formula is C46H50Br2N6O4. The lowest BCUT2D eigenvalue weighted by molar-refractivity contribution is -0.696. The fourth-order valence-electron chi connectivity index (χ4n) is 7.80. The summed E-state index contributed by atoms with van der Waals surface area (Å²) < 4.78 is 14.5. The molecule has 2 aliphatic heterocycles. The van der Waals surface area contributed by atoms with Gasteiger partial charge >= 0.3 is 11.9 Å². The van der Waals surface area contributed by atoms with E-state index in [1.807, 2.05) is 18.2 Å². The molecule has 2 aliphatic rings. The van der Waals surface area contributed by atoms with Crippen molar-refractivity contribution < 1.29 is 62.2 Å². The minimum absolute atomic E-state index is 0. The largest absolute Gasteiger partial charge is 1.00 e. The van der Waals surface area contributed by atoms with Crippen molar-refractivity contribution in [2.45, 2.75) is 79.3 Å². The number of aryl methyl sites for hydroxylation is 6. The van der Waals surface area contributed by atoms with Crippen LogP contribution in [0.3, 0.4) is 0 Å². The van der Waals surface area contributed by atoms with Gasteiger partial charge in [-0.05, 0) is 109 Å². The Morgan fingerprint density at radius 1 is 0.534 bits per heavy atom. The molecule has 7 rings (SSSR count). The van der Waals surface area contributed by atoms with Gasteiger partial charge in [-0.15, -0.1) is 0 Å². The molecule has 0 amide bonds. The summed E-state index contributed by atoms with van der Waals surface area (Å²) in [6.07, 6.45) is 11.4. The lowest BCUT2D eigenvalue weighted by Gasteiger charge is -2.06. The molecular weight excluding hydrogens is 860 g/mol. The van der Waals surface area contributed by atoms with Gasteiger partial charge in [-0.2, -0.15) is 0 Å². The van der Waals surface area contributed by atoms with E-state index in [1.165, 1.54) is 36.5 Å². The number of hydrogen-bond donors (Lipinski definition) is 2. The van der Waals surface area contributed by atoms with E-state index in [9.17, 15) is 9.59 Å². The van der Waals surface area contributed by atoms with Crippen LogP contribution in [0, 0.1) is 13.8 Å². The number of fused-ring (bicyclic) bond motifs is 8. The zero-order valence-corrected chi connectivity index (χ0v) is 37.1. The first kappa shape index (κ1) is 43.9. The number of carbonyl (C=O) groups excluding carboxylic acids is 2. The van der Waals surface area contributed by atoms with Gasteiger partial charge in [0, 0.05) is 72.0 Å². The SMILES string of the molecule is COC(=O)CCC1=C(C)c2cc3[nH]c(cc4[nH]c(cc5nc(cc1n2)C(CCC(=O)OC)=C5C)c(CC[n+]1ccccc1)c4C)c(CC[n+]1ccccc1)c3C.[Br-].[Br-]. The van der Waals surface area contributed by atoms with Gasteiger partial charge in [-0.1, -0.05) is 12.1 Å². The minimum Gasteiger partial charge on any atom is -1.00 e. The van der Waals surface area contributed by atoms with Gasteiger partial charge in [0.2, 0.25) is 0 Å². The van der Waals surface area contributed by atoms with Crippen molar-refractivity contribution in [3.05, 3.63) is 130 Å². The number of ether oxygens (including phenoxy) is 2. The molecule has 0 aliphatic carbocycles. The van der Waals surface area contributed by atoms with Crippen molar-refractivity contribution >= 4 is 56.3 Å². The second kappa shape index (κ2) is 19.5. The zero-order valence-electron chi connectivity index (χ0n) is 33.9. The number of aromatic amines is 2. The highest BCUT2D eigenvalue weighted by Gasteiger charge is 2.23. The Hall–Kier alpha value is -5.20. The Bertz CT molecular complexity index is 2540. The number of allylic oxidation sites excluding steroid dienone is 4. The number of pyridine rings is 2. The highest BCUT2D eigenvalue weighted by atomic mass is 79.9. The van der Waals surface area contributed by atoms with E-state index in [1.54, 1.807) is 0 Å². The van der Waals surface area contributed by atoms with E-state index < -0.39 is 0 Å². The maximum atomic E-state index is 12.4. The standard InChI is InChI=1S/C46H50N6O4.2BrH/c1-29-33(13-15-45(53)55-5)43-28-44-34(14-16-46(54)56-6)30(2)39(50-44)26-42-36(18-24-52-21-11-8-12-22-52)32(4)40(49-42)27-41-35(17-23-51-19-9-7-10-20-51)31(3)38(47-41)25-37(29)48-43;;/h7-12,19-22,25-28,47,49H,13-18,23-24H2,1-6H3;2*1H/q+2;;/p-2. The van der Waals surface area contributed by atoms with Crippen molar-refractivity contribution in [1.29, 1.82) is 0 Å². The van der Waals surface area contributed by atoms with E-state index in [2.05, 4.69) is 114 Å². The number of methoxy groups -OCH3 is 2. The van der Waals surface area contributed by atoms with Crippen molar-refractivity contribution in [1.82, 2.24) is 19.9 Å². The topological polar surface area (TPSA) is 118 Å². The number of rotatable bonds is 12. The molecule has 0 unspecified atom stereocenters. The Morgan fingerprint density at radius 3 is 1.36 bits per heavy atom. The van der Waals surface area contributed by atoms with Gasteiger partial charge in [0.05, 0.1) is 37.0 Å². The Labute approximate surface area is 360 Å². The molecule has 0 saturated heterocycles. The van der Waals surface area contributed by atoms with Crippen LogP contribution in [0.25, 0.3) is 44.4 Å². The molecule has 8 bridgehead atoms. The maximum absolute atomic E-state index is 12.4. The summed E-state index contributed by atoms with van der Waals surface area (Å²) in [5.41, 5.74) is 16.0. The summed E-state index contributed by atoms with van der Waals surface area (Å²) in [5, 5.41) is 0. The van der Waals surface area contributed by atoms with Crippen LogP contribution in [0.2, 0.25) is 0 Å². The van der Waals surface area contributed by atoms with Crippen LogP contribution >= 0.6 is 0 Å². The highest BCUT2D eigenvalue weighted by Crippen LogP contribution is 2.38. The van der Waals surface area contributed by atoms with Gasteiger partial charge in [0.1, 0.15) is 0 Å². The molecule has 58 heavy (non-hydrogen) atoms. The third-order valence-electron chi connectivity index (χ3n) is 11.2. The Balaban J connectivity index is 0.00000320. The third-order valence-corrected chi connectivity index (χ3v) is 11.2. The van der Waals surface area contributed by atoms with Gasteiger partial charge in [0.25, 0.3) is 0 Å². The molecule has 5 aromatic rings. The molecule has 0 aromatic carbocycles. The summed E-state index contributed by atoms with van der Waals surface area (Å²) in [6.45, 7) is 10.2. The van der Waals surface area contributed by atoms with Gasteiger partial charge in [-0.3, -0.25) is 9.59 Å². The highest BCUT2D eigenvalue weighted by molar-refractivity contribution is 5.96. The Kier molecular flexibility index (Phi) is 14.8. The van der Waals surface area contributed by atoms with E-state index in [0.29, 0.717) is 12.8 Å². The van der Waals surface area contributed by atoms with E-state index in [-0.39, 0.29) is 58.7 Å². The number of aromatic nitrogens is 6.